The van der Waals surface area contributed by atoms with Gasteiger partial charge < -0.3 is 19.9 Å². The van der Waals surface area contributed by atoms with Gasteiger partial charge in [-0.3, -0.25) is 9.52 Å². The summed E-state index contributed by atoms with van der Waals surface area (Å²) in [5.41, 5.74) is 0.888. The SMILES string of the molecule is COc1ccc(/C=C/C(=O)Nc2cc(S(=O)(=O)Nc3cccc(Cl)c3)ccc2O)cc1OC. The summed E-state index contributed by atoms with van der Waals surface area (Å²) in [6.07, 6.45) is 2.78. The Morgan fingerprint density at radius 3 is 2.45 bits per heavy atom. The second-order valence-corrected chi connectivity index (χ2v) is 8.85. The van der Waals surface area contributed by atoms with E-state index < -0.39 is 15.9 Å². The van der Waals surface area contributed by atoms with Crippen molar-refractivity contribution in [2.75, 3.05) is 24.3 Å². The Bertz CT molecular complexity index is 1310. The maximum absolute atomic E-state index is 12.7. The Morgan fingerprint density at radius 1 is 1.00 bits per heavy atom. The van der Waals surface area contributed by atoms with Crippen LogP contribution in [0.4, 0.5) is 11.4 Å². The molecule has 1 amide bonds. The predicted octanol–water partition coefficient (Wildman–Crippen LogP) is 4.52. The van der Waals surface area contributed by atoms with Crippen LogP contribution in [-0.2, 0) is 14.8 Å². The van der Waals surface area contributed by atoms with E-state index in [0.29, 0.717) is 22.1 Å². The number of phenols is 1. The highest BCUT2D eigenvalue weighted by molar-refractivity contribution is 7.92. The van der Waals surface area contributed by atoms with E-state index >= 15 is 0 Å². The number of phenolic OH excluding ortho intramolecular Hbond substituents is 1. The Labute approximate surface area is 196 Å². The molecule has 0 aliphatic heterocycles. The summed E-state index contributed by atoms with van der Waals surface area (Å²) < 4.78 is 38.2. The van der Waals surface area contributed by atoms with Gasteiger partial charge in [0.15, 0.2) is 11.5 Å². The molecule has 0 unspecified atom stereocenters. The molecule has 3 rings (SSSR count). The van der Waals surface area contributed by atoms with E-state index in [-0.39, 0.29) is 22.0 Å². The van der Waals surface area contributed by atoms with E-state index in [2.05, 4.69) is 10.0 Å². The first-order valence-electron chi connectivity index (χ1n) is 9.54. The van der Waals surface area contributed by atoms with E-state index in [1.165, 1.54) is 44.6 Å². The van der Waals surface area contributed by atoms with Crippen molar-refractivity contribution in [2.24, 2.45) is 0 Å². The van der Waals surface area contributed by atoms with Gasteiger partial charge in [-0.25, -0.2) is 8.42 Å². The second-order valence-electron chi connectivity index (χ2n) is 6.73. The zero-order chi connectivity index (χ0) is 24.0. The molecule has 0 aromatic heterocycles. The van der Waals surface area contributed by atoms with Crippen molar-refractivity contribution in [3.05, 3.63) is 77.3 Å². The Morgan fingerprint density at radius 2 is 1.76 bits per heavy atom. The zero-order valence-corrected chi connectivity index (χ0v) is 19.3. The van der Waals surface area contributed by atoms with Crippen LogP contribution in [-0.4, -0.2) is 33.7 Å². The number of hydrogen-bond acceptors (Lipinski definition) is 6. The fraction of sp³-hybridized carbons (Fsp3) is 0.0870. The number of anilines is 2. The van der Waals surface area contributed by atoms with Gasteiger partial charge >= 0.3 is 0 Å². The largest absolute Gasteiger partial charge is 0.506 e. The first kappa shape index (κ1) is 24.0. The van der Waals surface area contributed by atoms with Crippen LogP contribution in [0.15, 0.2) is 71.6 Å². The van der Waals surface area contributed by atoms with E-state index in [1.807, 2.05) is 0 Å². The molecule has 172 valence electrons. The smallest absolute Gasteiger partial charge is 0.261 e. The number of halogens is 1. The molecule has 0 saturated carbocycles. The normalized spacial score (nSPS) is 11.2. The zero-order valence-electron chi connectivity index (χ0n) is 17.7. The van der Waals surface area contributed by atoms with Crippen LogP contribution in [0.1, 0.15) is 5.56 Å². The van der Waals surface area contributed by atoms with E-state index in [0.717, 1.165) is 6.07 Å². The lowest BCUT2D eigenvalue weighted by Crippen LogP contribution is -2.14. The number of benzene rings is 3. The molecule has 0 fully saturated rings. The molecular weight excluding hydrogens is 468 g/mol. The van der Waals surface area contributed by atoms with E-state index in [1.54, 1.807) is 36.4 Å². The van der Waals surface area contributed by atoms with Crippen molar-refractivity contribution in [2.45, 2.75) is 4.90 Å². The van der Waals surface area contributed by atoms with Crippen LogP contribution in [0.3, 0.4) is 0 Å². The van der Waals surface area contributed by atoms with Gasteiger partial charge in [0.1, 0.15) is 5.75 Å². The molecule has 0 radical (unpaired) electrons. The van der Waals surface area contributed by atoms with Crippen molar-refractivity contribution >= 4 is 45.0 Å². The van der Waals surface area contributed by atoms with Gasteiger partial charge in [-0.1, -0.05) is 23.7 Å². The molecular formula is C23H21ClN2O6S. The third-order valence-electron chi connectivity index (χ3n) is 4.45. The topological polar surface area (TPSA) is 114 Å². The van der Waals surface area contributed by atoms with Crippen LogP contribution in [0.5, 0.6) is 17.2 Å². The minimum Gasteiger partial charge on any atom is -0.506 e. The van der Waals surface area contributed by atoms with Crippen molar-refractivity contribution in [1.29, 1.82) is 0 Å². The van der Waals surface area contributed by atoms with Gasteiger partial charge in [0.2, 0.25) is 5.91 Å². The predicted molar refractivity (Wildman–Crippen MR) is 128 cm³/mol. The minimum absolute atomic E-state index is 0.0640. The number of ether oxygens (including phenoxy) is 2. The third kappa shape index (κ3) is 6.18. The molecule has 0 spiro atoms. The number of hydrogen-bond donors (Lipinski definition) is 3. The summed E-state index contributed by atoms with van der Waals surface area (Å²) >= 11 is 5.89. The highest BCUT2D eigenvalue weighted by atomic mass is 35.5. The van der Waals surface area contributed by atoms with Crippen LogP contribution in [0, 0.1) is 0 Å². The number of carbonyl (C=O) groups excluding carboxylic acids is 1. The fourth-order valence-corrected chi connectivity index (χ4v) is 4.12. The summed E-state index contributed by atoms with van der Waals surface area (Å²) in [6, 6.07) is 14.9. The van der Waals surface area contributed by atoms with Gasteiger partial charge in [0, 0.05) is 11.1 Å². The number of amides is 1. The standard InChI is InChI=1S/C23H21ClN2O6S/c1-31-21-10-6-15(12-22(21)32-2)7-11-23(28)25-19-14-18(8-9-20(19)27)33(29,30)26-17-5-3-4-16(24)13-17/h3-14,26-27H,1-2H3,(H,25,28)/b11-7+. The van der Waals surface area contributed by atoms with Gasteiger partial charge in [-0.2, -0.15) is 0 Å². The Hall–Kier alpha value is -3.69. The van der Waals surface area contributed by atoms with Crippen molar-refractivity contribution in [1.82, 2.24) is 0 Å². The summed E-state index contributed by atoms with van der Waals surface area (Å²) in [5, 5.41) is 12.9. The fourth-order valence-electron chi connectivity index (χ4n) is 2.85. The molecule has 10 heteroatoms. The lowest BCUT2D eigenvalue weighted by atomic mass is 10.2. The summed E-state index contributed by atoms with van der Waals surface area (Å²) in [7, 11) is -0.967. The number of nitrogens with one attached hydrogen (secondary N) is 2. The average Bonchev–Trinajstić information content (AvgIpc) is 2.78. The van der Waals surface area contributed by atoms with Crippen LogP contribution in [0.2, 0.25) is 5.02 Å². The lowest BCUT2D eigenvalue weighted by molar-refractivity contribution is -0.111. The third-order valence-corrected chi connectivity index (χ3v) is 6.06. The first-order chi connectivity index (χ1) is 15.7. The quantitative estimate of drug-likeness (QED) is 0.317. The average molecular weight is 489 g/mol. The van der Waals surface area contributed by atoms with Crippen molar-refractivity contribution < 1.29 is 27.8 Å². The number of sulfonamides is 1. The molecule has 3 aromatic rings. The molecule has 0 bridgehead atoms. The maximum atomic E-state index is 12.7. The highest BCUT2D eigenvalue weighted by Crippen LogP contribution is 2.29. The van der Waals surface area contributed by atoms with E-state index in [4.69, 9.17) is 21.1 Å². The molecule has 0 aliphatic rings. The van der Waals surface area contributed by atoms with Crippen LogP contribution in [0.25, 0.3) is 6.08 Å². The Balaban J connectivity index is 1.77. The van der Waals surface area contributed by atoms with Crippen LogP contribution >= 0.6 is 11.6 Å². The Kier molecular flexibility index (Phi) is 7.47. The van der Waals surface area contributed by atoms with Gasteiger partial charge in [-0.05, 0) is 60.2 Å². The maximum Gasteiger partial charge on any atom is 0.261 e. The van der Waals surface area contributed by atoms with E-state index in [9.17, 15) is 18.3 Å². The van der Waals surface area contributed by atoms with Crippen molar-refractivity contribution in [3.63, 3.8) is 0 Å². The molecule has 0 atom stereocenters. The number of carbonyl (C=O) groups is 1. The first-order valence-corrected chi connectivity index (χ1v) is 11.4. The van der Waals surface area contributed by atoms with Crippen LogP contribution < -0.4 is 19.5 Å². The molecule has 3 aromatic carbocycles. The monoisotopic (exact) mass is 488 g/mol. The molecule has 0 saturated heterocycles. The number of methoxy groups -OCH3 is 2. The molecule has 8 nitrogen and oxygen atoms in total. The molecule has 33 heavy (non-hydrogen) atoms. The van der Waals surface area contributed by atoms with Gasteiger partial charge in [0.25, 0.3) is 10.0 Å². The molecule has 0 heterocycles. The molecule has 3 N–H and O–H groups in total. The minimum atomic E-state index is -3.99. The van der Waals surface area contributed by atoms with Crippen molar-refractivity contribution in [3.8, 4) is 17.2 Å². The number of aromatic hydroxyl groups is 1. The summed E-state index contributed by atoms with van der Waals surface area (Å²) in [4.78, 5) is 12.2. The summed E-state index contributed by atoms with van der Waals surface area (Å²) in [6.45, 7) is 0. The summed E-state index contributed by atoms with van der Waals surface area (Å²) in [5.74, 6) is 0.193. The second kappa shape index (κ2) is 10.3. The van der Waals surface area contributed by atoms with Gasteiger partial charge in [0.05, 0.1) is 30.5 Å². The lowest BCUT2D eigenvalue weighted by Gasteiger charge is -2.11. The number of rotatable bonds is 8. The highest BCUT2D eigenvalue weighted by Gasteiger charge is 2.17. The van der Waals surface area contributed by atoms with Gasteiger partial charge in [-0.15, -0.1) is 0 Å². The molecule has 0 aliphatic carbocycles.